The Balaban J connectivity index is 1.95. The molecule has 18 heteroatoms. The summed E-state index contributed by atoms with van der Waals surface area (Å²) in [5.41, 5.74) is 12.2. The summed E-state index contributed by atoms with van der Waals surface area (Å²) in [5, 5.41) is 39.2. The van der Waals surface area contributed by atoms with Crippen molar-refractivity contribution in [1.82, 2.24) is 30.9 Å². The summed E-state index contributed by atoms with van der Waals surface area (Å²) in [4.78, 5) is 86.2. The average Bonchev–Trinajstić information content (AvgIpc) is 3.03. The number of nitrogens with one attached hydrogen (secondary N) is 3. The molecule has 2 aromatic rings. The molecule has 49 heavy (non-hydrogen) atoms. The predicted molar refractivity (Wildman–Crippen MR) is 172 cm³/mol. The maximum absolute atomic E-state index is 12.9. The standard InChI is InChI=1S/C31H41N7O11/c32-24(14-21-4-2-1-3-5-21)31(49)35-34-30(48)23-8-6-22(7-9-23)15-33-25(39)16-36(10-12-37(17-26(40)41)18-27(42)43)11-13-38(19-28(44)45)20-29(46)47/h1-9,24H,10-20,32H2,(H,33,39)(H,34,48)(H,35,49)(H,40,41)(H,42,43)(H,44,45)(H,46,47). The van der Waals surface area contributed by atoms with Crippen molar-refractivity contribution in [3.8, 4) is 0 Å². The van der Waals surface area contributed by atoms with E-state index >= 15 is 0 Å². The molecule has 1 atom stereocenters. The van der Waals surface area contributed by atoms with Crippen LogP contribution in [0.25, 0.3) is 0 Å². The van der Waals surface area contributed by atoms with Crippen molar-refractivity contribution in [2.75, 3.05) is 58.9 Å². The monoisotopic (exact) mass is 687 g/mol. The van der Waals surface area contributed by atoms with Gasteiger partial charge < -0.3 is 31.5 Å². The van der Waals surface area contributed by atoms with E-state index in [0.717, 1.165) is 15.4 Å². The van der Waals surface area contributed by atoms with Gasteiger partial charge in [0.2, 0.25) is 5.91 Å². The molecule has 18 nitrogen and oxygen atoms in total. The number of carboxylic acids is 4. The lowest BCUT2D eigenvalue weighted by atomic mass is 10.1. The molecular formula is C31H41N7O11. The first-order valence-electron chi connectivity index (χ1n) is 15.0. The Morgan fingerprint density at radius 3 is 1.53 bits per heavy atom. The van der Waals surface area contributed by atoms with E-state index in [2.05, 4.69) is 16.2 Å². The molecule has 0 aliphatic carbocycles. The first-order chi connectivity index (χ1) is 23.2. The second-order valence-electron chi connectivity index (χ2n) is 11.0. The van der Waals surface area contributed by atoms with Gasteiger partial charge in [-0.2, -0.15) is 0 Å². The molecule has 0 heterocycles. The van der Waals surface area contributed by atoms with Crippen LogP contribution in [0.2, 0.25) is 0 Å². The summed E-state index contributed by atoms with van der Waals surface area (Å²) in [6, 6.07) is 14.4. The Hall–Kier alpha value is -5.43. The maximum atomic E-state index is 12.9. The number of hydrogen-bond acceptors (Lipinski definition) is 11. The maximum Gasteiger partial charge on any atom is 0.317 e. The van der Waals surface area contributed by atoms with Gasteiger partial charge in [-0.3, -0.25) is 59.1 Å². The van der Waals surface area contributed by atoms with E-state index in [1.807, 2.05) is 30.3 Å². The Morgan fingerprint density at radius 2 is 1.06 bits per heavy atom. The van der Waals surface area contributed by atoms with Crippen molar-refractivity contribution in [3.05, 3.63) is 71.3 Å². The average molecular weight is 688 g/mol. The molecule has 0 aliphatic rings. The highest BCUT2D eigenvalue weighted by Gasteiger charge is 2.20. The second kappa shape index (κ2) is 20.7. The summed E-state index contributed by atoms with van der Waals surface area (Å²) >= 11 is 0. The molecule has 2 rings (SSSR count). The van der Waals surface area contributed by atoms with Crippen molar-refractivity contribution < 1.29 is 54.0 Å². The molecule has 0 saturated carbocycles. The molecule has 1 unspecified atom stereocenters. The predicted octanol–water partition coefficient (Wildman–Crippen LogP) is -2.12. The van der Waals surface area contributed by atoms with E-state index in [1.165, 1.54) is 17.0 Å². The van der Waals surface area contributed by atoms with Crippen molar-refractivity contribution in [2.45, 2.75) is 19.0 Å². The topological polar surface area (TPSA) is 272 Å². The van der Waals surface area contributed by atoms with Crippen LogP contribution in [0.4, 0.5) is 0 Å². The van der Waals surface area contributed by atoms with Gasteiger partial charge in [0.1, 0.15) is 0 Å². The molecular weight excluding hydrogens is 646 g/mol. The zero-order valence-electron chi connectivity index (χ0n) is 26.6. The summed E-state index contributed by atoms with van der Waals surface area (Å²) in [5.74, 6) is -6.66. The van der Waals surface area contributed by atoms with Crippen LogP contribution in [0.5, 0.6) is 0 Å². The lowest BCUT2D eigenvalue weighted by Crippen LogP contribution is -2.50. The van der Waals surface area contributed by atoms with Crippen LogP contribution >= 0.6 is 0 Å². The van der Waals surface area contributed by atoms with Crippen molar-refractivity contribution in [2.24, 2.45) is 5.73 Å². The van der Waals surface area contributed by atoms with Crippen LogP contribution in [0.15, 0.2) is 54.6 Å². The smallest absolute Gasteiger partial charge is 0.317 e. The number of nitrogens with two attached hydrogens (primary N) is 1. The fourth-order valence-electron chi connectivity index (χ4n) is 4.51. The second-order valence-corrected chi connectivity index (χ2v) is 11.0. The van der Waals surface area contributed by atoms with E-state index in [0.29, 0.717) is 5.56 Å². The number of rotatable bonds is 22. The highest BCUT2D eigenvalue weighted by Crippen LogP contribution is 2.05. The Morgan fingerprint density at radius 1 is 0.592 bits per heavy atom. The third kappa shape index (κ3) is 16.8. The highest BCUT2D eigenvalue weighted by atomic mass is 16.4. The number of carboxylic acid groups (broad SMARTS) is 4. The van der Waals surface area contributed by atoms with Crippen LogP contribution < -0.4 is 21.9 Å². The van der Waals surface area contributed by atoms with E-state index in [9.17, 15) is 33.6 Å². The van der Waals surface area contributed by atoms with Gasteiger partial charge in [0, 0.05) is 38.3 Å². The van der Waals surface area contributed by atoms with Crippen LogP contribution in [-0.2, 0) is 41.7 Å². The van der Waals surface area contributed by atoms with Gasteiger partial charge in [0.15, 0.2) is 0 Å². The Bertz CT molecular complexity index is 1370. The minimum atomic E-state index is -1.25. The number of aliphatic carboxylic acids is 4. The largest absolute Gasteiger partial charge is 0.480 e. The van der Waals surface area contributed by atoms with E-state index in [4.69, 9.17) is 26.2 Å². The van der Waals surface area contributed by atoms with Gasteiger partial charge in [-0.25, -0.2) is 0 Å². The molecule has 0 fully saturated rings. The zero-order chi connectivity index (χ0) is 36.3. The molecule has 0 saturated heterocycles. The lowest BCUT2D eigenvalue weighted by molar-refractivity contribution is -0.143. The van der Waals surface area contributed by atoms with Crippen LogP contribution in [0.3, 0.4) is 0 Å². The first kappa shape index (κ1) is 39.7. The number of hydrogen-bond donors (Lipinski definition) is 8. The fourth-order valence-corrected chi connectivity index (χ4v) is 4.51. The number of hydrazine groups is 1. The normalized spacial score (nSPS) is 11.6. The van der Waals surface area contributed by atoms with Gasteiger partial charge in [-0.05, 0) is 29.7 Å². The van der Waals surface area contributed by atoms with Gasteiger partial charge in [-0.15, -0.1) is 0 Å². The van der Waals surface area contributed by atoms with Gasteiger partial charge in [0.25, 0.3) is 11.8 Å². The first-order valence-corrected chi connectivity index (χ1v) is 15.0. The fraction of sp³-hybridized carbons (Fsp3) is 0.387. The summed E-state index contributed by atoms with van der Waals surface area (Å²) in [6.45, 7) is -2.59. The summed E-state index contributed by atoms with van der Waals surface area (Å²) < 4.78 is 0. The Kier molecular flexibility index (Phi) is 16.8. The molecule has 0 aromatic heterocycles. The minimum absolute atomic E-state index is 0.0134. The minimum Gasteiger partial charge on any atom is -0.480 e. The van der Waals surface area contributed by atoms with Crippen molar-refractivity contribution >= 4 is 41.6 Å². The molecule has 0 aliphatic heterocycles. The van der Waals surface area contributed by atoms with Crippen molar-refractivity contribution in [1.29, 1.82) is 0 Å². The van der Waals surface area contributed by atoms with Crippen LogP contribution in [0, 0.1) is 0 Å². The van der Waals surface area contributed by atoms with E-state index in [-0.39, 0.29) is 51.3 Å². The third-order valence-electron chi connectivity index (χ3n) is 6.91. The van der Waals surface area contributed by atoms with Gasteiger partial charge in [0.05, 0.1) is 38.8 Å². The van der Waals surface area contributed by atoms with Crippen molar-refractivity contribution in [3.63, 3.8) is 0 Å². The summed E-state index contributed by atoms with van der Waals surface area (Å²) in [6.07, 6.45) is 0.280. The SMILES string of the molecule is NC(Cc1ccccc1)C(=O)NNC(=O)c1ccc(CNC(=O)CN(CCN(CC(=O)O)CC(=O)O)CCN(CC(=O)O)CC(=O)O)cc1. The molecule has 0 spiro atoms. The number of amides is 3. The molecule has 266 valence electrons. The van der Waals surface area contributed by atoms with Gasteiger partial charge in [-0.1, -0.05) is 42.5 Å². The third-order valence-corrected chi connectivity index (χ3v) is 6.91. The van der Waals surface area contributed by atoms with Crippen LogP contribution in [0.1, 0.15) is 21.5 Å². The Labute approximate surface area is 281 Å². The highest BCUT2D eigenvalue weighted by molar-refractivity contribution is 5.96. The van der Waals surface area contributed by atoms with E-state index < -0.39 is 73.8 Å². The number of nitrogens with zero attached hydrogens (tertiary/aromatic N) is 3. The molecule has 2 aromatic carbocycles. The molecule has 3 amide bonds. The zero-order valence-corrected chi connectivity index (χ0v) is 26.6. The molecule has 0 radical (unpaired) electrons. The molecule has 9 N–H and O–H groups in total. The van der Waals surface area contributed by atoms with Gasteiger partial charge >= 0.3 is 23.9 Å². The molecule has 0 bridgehead atoms. The number of carbonyl (C=O) groups is 7. The summed E-state index contributed by atoms with van der Waals surface area (Å²) in [7, 11) is 0. The lowest BCUT2D eigenvalue weighted by Gasteiger charge is -2.28. The van der Waals surface area contributed by atoms with Crippen LogP contribution in [-0.4, -0.2) is 142 Å². The quantitative estimate of drug-likeness (QED) is 0.0615. The van der Waals surface area contributed by atoms with E-state index in [1.54, 1.807) is 12.1 Å². The number of benzene rings is 2. The number of carbonyl (C=O) groups excluding carboxylic acids is 3.